The minimum Gasteiger partial charge on any atom is -0.497 e. The lowest BCUT2D eigenvalue weighted by molar-refractivity contribution is -0.272. The summed E-state index contributed by atoms with van der Waals surface area (Å²) in [7, 11) is 2.92. The molecule has 7 nitrogen and oxygen atoms in total. The van der Waals surface area contributed by atoms with Gasteiger partial charge in [-0.2, -0.15) is 13.2 Å². The smallest absolute Gasteiger partial charge is 0.424 e. The maximum atomic E-state index is 13.4. The van der Waals surface area contributed by atoms with Gasteiger partial charge in [-0.05, 0) is 31.0 Å². The van der Waals surface area contributed by atoms with Crippen LogP contribution < -0.4 is 15.4 Å². The number of rotatable bonds is 8. The van der Waals surface area contributed by atoms with E-state index in [0.717, 1.165) is 10.1 Å². The minimum atomic E-state index is -4.94. The van der Waals surface area contributed by atoms with Crippen molar-refractivity contribution in [2.75, 3.05) is 13.7 Å². The molecule has 29 heavy (non-hydrogen) atoms. The number of benzene rings is 1. The fraction of sp³-hybridized carbons (Fsp3) is 0.474. The normalized spacial score (nSPS) is 14.7. The first kappa shape index (κ1) is 22.5. The van der Waals surface area contributed by atoms with Crippen molar-refractivity contribution in [1.82, 2.24) is 20.2 Å². The number of aromatic nitrogens is 2. The number of alkyl halides is 3. The van der Waals surface area contributed by atoms with Crippen LogP contribution in [0.5, 0.6) is 5.75 Å². The van der Waals surface area contributed by atoms with Crippen LogP contribution in [0.25, 0.3) is 0 Å². The summed E-state index contributed by atoms with van der Waals surface area (Å²) in [4.78, 5) is 15.6. The molecule has 0 saturated carbocycles. The molecule has 1 aromatic heterocycles. The molecule has 1 heterocycles. The van der Waals surface area contributed by atoms with Crippen LogP contribution in [-0.2, 0) is 19.1 Å². The fourth-order valence-electron chi connectivity index (χ4n) is 2.98. The molecular formula is C19H25F3N4O3. The number of aliphatic hydroxyl groups is 1. The van der Waals surface area contributed by atoms with Crippen molar-refractivity contribution in [3.05, 3.63) is 48.0 Å². The zero-order chi connectivity index (χ0) is 21.7. The van der Waals surface area contributed by atoms with Crippen LogP contribution in [0.4, 0.5) is 18.0 Å². The first-order valence-corrected chi connectivity index (χ1v) is 9.01. The van der Waals surface area contributed by atoms with Crippen LogP contribution in [0.2, 0.25) is 0 Å². The molecule has 160 valence electrons. The molecule has 0 bridgehead atoms. The molecule has 0 fully saturated rings. The number of nitrogens with zero attached hydrogens (tertiary/aromatic N) is 2. The van der Waals surface area contributed by atoms with Crippen molar-refractivity contribution in [2.45, 2.75) is 37.6 Å². The van der Waals surface area contributed by atoms with E-state index in [1.54, 1.807) is 20.1 Å². The van der Waals surface area contributed by atoms with E-state index in [-0.39, 0.29) is 12.6 Å². The second kappa shape index (κ2) is 9.17. The molecule has 2 amide bonds. The molecule has 0 aliphatic heterocycles. The van der Waals surface area contributed by atoms with E-state index in [4.69, 9.17) is 4.74 Å². The summed E-state index contributed by atoms with van der Waals surface area (Å²) in [6.07, 6.45) is -2.70. The molecule has 0 aliphatic carbocycles. The molecule has 2 atom stereocenters. The Kier molecular flexibility index (Phi) is 7.12. The van der Waals surface area contributed by atoms with Crippen LogP contribution >= 0.6 is 0 Å². The highest BCUT2D eigenvalue weighted by Gasteiger charge is 2.57. The van der Waals surface area contributed by atoms with Crippen LogP contribution in [-0.4, -0.2) is 46.6 Å². The zero-order valence-electron chi connectivity index (χ0n) is 16.5. The Balaban J connectivity index is 1.90. The summed E-state index contributed by atoms with van der Waals surface area (Å²) in [6, 6.07) is 6.47. The summed E-state index contributed by atoms with van der Waals surface area (Å²) in [5.74, 6) is 0.165. The van der Waals surface area contributed by atoms with E-state index in [9.17, 15) is 23.1 Å². The van der Waals surface area contributed by atoms with Gasteiger partial charge in [0.1, 0.15) is 11.6 Å². The maximum Gasteiger partial charge on any atom is 0.424 e. The van der Waals surface area contributed by atoms with Crippen molar-refractivity contribution >= 4 is 6.03 Å². The lowest BCUT2D eigenvalue weighted by Crippen LogP contribution is -2.48. The molecule has 10 heteroatoms. The topological polar surface area (TPSA) is 88.4 Å². The van der Waals surface area contributed by atoms with Crippen LogP contribution in [0.3, 0.4) is 0 Å². The highest BCUT2D eigenvalue weighted by molar-refractivity contribution is 5.74. The Hall–Kier alpha value is -2.75. The Labute approximate surface area is 166 Å². The highest BCUT2D eigenvalue weighted by Crippen LogP contribution is 2.40. The maximum absolute atomic E-state index is 13.4. The van der Waals surface area contributed by atoms with Crippen molar-refractivity contribution in [3.8, 4) is 5.75 Å². The van der Waals surface area contributed by atoms with Gasteiger partial charge in [0, 0.05) is 38.4 Å². The molecule has 2 aromatic rings. The summed E-state index contributed by atoms with van der Waals surface area (Å²) in [6.45, 7) is 1.39. The number of ether oxygens (including phenoxy) is 1. The van der Waals surface area contributed by atoms with E-state index >= 15 is 0 Å². The van der Waals surface area contributed by atoms with Gasteiger partial charge in [-0.3, -0.25) is 0 Å². The Morgan fingerprint density at radius 3 is 2.69 bits per heavy atom. The van der Waals surface area contributed by atoms with Crippen molar-refractivity contribution in [3.63, 3.8) is 0 Å². The second-order valence-electron chi connectivity index (χ2n) is 6.83. The summed E-state index contributed by atoms with van der Waals surface area (Å²) in [5.41, 5.74) is -2.22. The number of nitrogens with one attached hydrogen (secondary N) is 2. The molecule has 3 N–H and O–H groups in total. The highest BCUT2D eigenvalue weighted by atomic mass is 19.4. The molecule has 2 unspecified atom stereocenters. The van der Waals surface area contributed by atoms with Gasteiger partial charge in [0.2, 0.25) is 5.60 Å². The average molecular weight is 414 g/mol. The zero-order valence-corrected chi connectivity index (χ0v) is 16.5. The van der Waals surface area contributed by atoms with E-state index in [0.29, 0.717) is 12.2 Å². The van der Waals surface area contributed by atoms with Gasteiger partial charge in [0.25, 0.3) is 0 Å². The fourth-order valence-corrected chi connectivity index (χ4v) is 2.98. The lowest BCUT2D eigenvalue weighted by Gasteiger charge is -2.30. The summed E-state index contributed by atoms with van der Waals surface area (Å²) in [5, 5.41) is 15.3. The molecule has 0 aliphatic rings. The van der Waals surface area contributed by atoms with Crippen molar-refractivity contribution in [2.24, 2.45) is 7.05 Å². The predicted octanol–water partition coefficient (Wildman–Crippen LogP) is 2.50. The molecule has 0 spiro atoms. The number of carbonyl (C=O) groups is 1. The van der Waals surface area contributed by atoms with Gasteiger partial charge >= 0.3 is 12.2 Å². The summed E-state index contributed by atoms with van der Waals surface area (Å²) >= 11 is 0. The van der Waals surface area contributed by atoms with Crippen LogP contribution in [0.15, 0.2) is 36.7 Å². The number of imidazole rings is 1. The first-order chi connectivity index (χ1) is 13.6. The molecule has 1 aromatic carbocycles. The first-order valence-electron chi connectivity index (χ1n) is 9.01. The second-order valence-corrected chi connectivity index (χ2v) is 6.83. The standard InChI is InChI=1S/C19H25F3N4O3/c1-13(11-14-5-4-6-15(12-14)29-3)25-17(27)24-8-7-18(28,19(20,21)22)16-23-9-10-26(16)2/h4-6,9-10,12-13,28H,7-8,11H2,1-3H3,(H2,24,25,27). The van der Waals surface area contributed by atoms with Gasteiger partial charge in [-0.25, -0.2) is 9.78 Å². The predicted molar refractivity (Wildman–Crippen MR) is 100 cm³/mol. The van der Waals surface area contributed by atoms with Gasteiger partial charge < -0.3 is 25.0 Å². The quantitative estimate of drug-likeness (QED) is 0.619. The number of halogens is 3. The third kappa shape index (κ3) is 5.63. The van der Waals surface area contributed by atoms with Crippen LogP contribution in [0.1, 0.15) is 24.7 Å². The van der Waals surface area contributed by atoms with Gasteiger partial charge in [-0.1, -0.05) is 12.1 Å². The Bertz CT molecular complexity index is 825. The third-order valence-electron chi connectivity index (χ3n) is 4.49. The number of urea groups is 1. The van der Waals surface area contributed by atoms with E-state index < -0.39 is 30.1 Å². The molecule has 0 radical (unpaired) electrons. The number of hydrogen-bond acceptors (Lipinski definition) is 4. The van der Waals surface area contributed by atoms with Crippen molar-refractivity contribution < 1.29 is 27.8 Å². The lowest BCUT2D eigenvalue weighted by atomic mass is 9.97. The number of aryl methyl sites for hydroxylation is 1. The number of carbonyl (C=O) groups excluding carboxylic acids is 1. The van der Waals surface area contributed by atoms with Gasteiger partial charge in [-0.15, -0.1) is 0 Å². The average Bonchev–Trinajstić information content (AvgIpc) is 3.07. The van der Waals surface area contributed by atoms with E-state index in [2.05, 4.69) is 15.6 Å². The SMILES string of the molecule is COc1cccc(CC(C)NC(=O)NCCC(O)(c2nccn2C)C(F)(F)F)c1. The monoisotopic (exact) mass is 414 g/mol. The molecule has 2 rings (SSSR count). The third-order valence-corrected chi connectivity index (χ3v) is 4.49. The minimum absolute atomic E-state index is 0.266. The van der Waals surface area contributed by atoms with Crippen molar-refractivity contribution in [1.29, 1.82) is 0 Å². The van der Waals surface area contributed by atoms with Gasteiger partial charge in [0.15, 0.2) is 0 Å². The van der Waals surface area contributed by atoms with E-state index in [1.807, 2.05) is 18.2 Å². The molecular weight excluding hydrogens is 389 g/mol. The Morgan fingerprint density at radius 1 is 1.38 bits per heavy atom. The van der Waals surface area contributed by atoms with Crippen LogP contribution in [0, 0.1) is 0 Å². The van der Waals surface area contributed by atoms with Gasteiger partial charge in [0.05, 0.1) is 7.11 Å². The Morgan fingerprint density at radius 2 is 2.10 bits per heavy atom. The number of methoxy groups -OCH3 is 1. The largest absolute Gasteiger partial charge is 0.497 e. The van der Waals surface area contributed by atoms with E-state index in [1.165, 1.54) is 19.4 Å². The molecule has 0 saturated heterocycles. The number of hydrogen-bond donors (Lipinski definition) is 3. The number of amides is 2. The summed E-state index contributed by atoms with van der Waals surface area (Å²) < 4.78 is 46.6.